The highest BCUT2D eigenvalue weighted by atomic mass is 79.9. The van der Waals surface area contributed by atoms with E-state index in [0.717, 1.165) is 54.3 Å². The molecule has 134 valence electrons. The molecule has 1 aliphatic rings. The van der Waals surface area contributed by atoms with Gasteiger partial charge in [0.15, 0.2) is 0 Å². The lowest BCUT2D eigenvalue weighted by atomic mass is 9.97. The van der Waals surface area contributed by atoms with E-state index in [4.69, 9.17) is 5.73 Å². The number of likely N-dealkylation sites (tertiary alicyclic amines) is 1. The summed E-state index contributed by atoms with van der Waals surface area (Å²) in [6.45, 7) is 3.18. The summed E-state index contributed by atoms with van der Waals surface area (Å²) in [6.07, 6.45) is 2.73. The van der Waals surface area contributed by atoms with Gasteiger partial charge in [-0.25, -0.2) is 0 Å². The predicted octanol–water partition coefficient (Wildman–Crippen LogP) is 2.25. The maximum Gasteiger partial charge on any atom is 0.268 e. The molecule has 0 spiro atoms. The van der Waals surface area contributed by atoms with Gasteiger partial charge < -0.3 is 20.9 Å². The molecule has 2 heterocycles. The molecule has 0 aliphatic carbocycles. The third-order valence-corrected chi connectivity index (χ3v) is 5.54. The van der Waals surface area contributed by atoms with E-state index in [0.29, 0.717) is 12.2 Å². The molecule has 3 rings (SSSR count). The van der Waals surface area contributed by atoms with Crippen molar-refractivity contribution in [3.63, 3.8) is 0 Å². The fourth-order valence-electron chi connectivity index (χ4n) is 3.35. The quantitative estimate of drug-likeness (QED) is 0.642. The van der Waals surface area contributed by atoms with Crippen LogP contribution in [0.4, 0.5) is 0 Å². The number of nitrogens with zero attached hydrogens (tertiary/aromatic N) is 1. The summed E-state index contributed by atoms with van der Waals surface area (Å²) in [7, 11) is 0. The molecule has 1 aromatic heterocycles. The summed E-state index contributed by atoms with van der Waals surface area (Å²) in [5.74, 6) is -0.357. The highest BCUT2D eigenvalue weighted by Gasteiger charge is 2.23. The van der Waals surface area contributed by atoms with Gasteiger partial charge >= 0.3 is 0 Å². The fraction of sp³-hybridized carbons (Fsp3) is 0.444. The number of hydrogen-bond acceptors (Lipinski definition) is 3. The van der Waals surface area contributed by atoms with Crippen LogP contribution in [0.15, 0.2) is 28.7 Å². The van der Waals surface area contributed by atoms with E-state index in [2.05, 4.69) is 31.1 Å². The number of primary amides is 1. The van der Waals surface area contributed by atoms with Gasteiger partial charge in [0, 0.05) is 24.0 Å². The number of carbonyl (C=O) groups is 2. The Morgan fingerprint density at radius 1 is 1.36 bits per heavy atom. The molecule has 0 bridgehead atoms. The minimum atomic E-state index is -0.207. The lowest BCUT2D eigenvalue weighted by molar-refractivity contribution is -0.123. The molecule has 25 heavy (non-hydrogen) atoms. The maximum absolute atomic E-state index is 12.4. The highest BCUT2D eigenvalue weighted by molar-refractivity contribution is 9.10. The van der Waals surface area contributed by atoms with Gasteiger partial charge in [0.25, 0.3) is 5.91 Å². The van der Waals surface area contributed by atoms with Crippen molar-refractivity contribution < 1.29 is 9.59 Å². The Kier molecular flexibility index (Phi) is 5.75. The van der Waals surface area contributed by atoms with E-state index >= 15 is 0 Å². The molecular weight excluding hydrogens is 384 g/mol. The third kappa shape index (κ3) is 4.22. The lowest BCUT2D eigenvalue weighted by Crippen LogP contribution is -2.42. The number of benzene rings is 1. The van der Waals surface area contributed by atoms with Crippen molar-refractivity contribution in [2.24, 2.45) is 11.7 Å². The number of nitrogens with one attached hydrogen (secondary N) is 2. The van der Waals surface area contributed by atoms with Crippen molar-refractivity contribution in [2.45, 2.75) is 19.3 Å². The van der Waals surface area contributed by atoms with Crippen molar-refractivity contribution in [3.8, 4) is 0 Å². The summed E-state index contributed by atoms with van der Waals surface area (Å²) in [4.78, 5) is 29.1. The molecule has 0 saturated carbocycles. The van der Waals surface area contributed by atoms with Crippen LogP contribution in [0.1, 0.15) is 29.8 Å². The van der Waals surface area contributed by atoms with Gasteiger partial charge in [0.05, 0.1) is 10.4 Å². The Labute approximate surface area is 155 Å². The number of rotatable bonds is 6. The number of aromatic amines is 1. The first kappa shape index (κ1) is 17.9. The Bertz CT molecular complexity index is 774. The van der Waals surface area contributed by atoms with Crippen LogP contribution in [0.5, 0.6) is 0 Å². The van der Waals surface area contributed by atoms with Crippen LogP contribution in [-0.4, -0.2) is 47.9 Å². The largest absolute Gasteiger partial charge is 0.369 e. The topological polar surface area (TPSA) is 91.2 Å². The molecule has 1 fully saturated rings. The summed E-state index contributed by atoms with van der Waals surface area (Å²) in [5, 5.41) is 3.95. The first-order valence-corrected chi connectivity index (χ1v) is 9.41. The number of piperidine rings is 1. The minimum absolute atomic E-state index is 0.0364. The van der Waals surface area contributed by atoms with Gasteiger partial charge in [0.1, 0.15) is 5.69 Å². The molecule has 2 amide bonds. The zero-order chi connectivity index (χ0) is 17.8. The number of carbonyl (C=O) groups excluding carboxylic acids is 2. The van der Waals surface area contributed by atoms with E-state index in [1.54, 1.807) is 0 Å². The predicted molar refractivity (Wildman–Crippen MR) is 101 cm³/mol. The van der Waals surface area contributed by atoms with Crippen LogP contribution in [0.3, 0.4) is 0 Å². The molecule has 1 saturated heterocycles. The van der Waals surface area contributed by atoms with Gasteiger partial charge in [-0.3, -0.25) is 9.59 Å². The average molecular weight is 407 g/mol. The average Bonchev–Trinajstić information content (AvgIpc) is 2.96. The Morgan fingerprint density at radius 2 is 2.16 bits per heavy atom. The van der Waals surface area contributed by atoms with Crippen molar-refractivity contribution in [2.75, 3.05) is 26.2 Å². The monoisotopic (exact) mass is 406 g/mol. The van der Waals surface area contributed by atoms with Crippen LogP contribution in [0.25, 0.3) is 10.9 Å². The molecule has 1 aliphatic heterocycles. The molecule has 7 heteroatoms. The minimum Gasteiger partial charge on any atom is -0.369 e. The maximum atomic E-state index is 12.4. The number of nitrogens with two attached hydrogens (primary N) is 1. The number of fused-ring (bicyclic) bond motifs is 1. The molecule has 1 unspecified atom stereocenters. The van der Waals surface area contributed by atoms with E-state index in [-0.39, 0.29) is 17.7 Å². The number of aromatic nitrogens is 1. The summed E-state index contributed by atoms with van der Waals surface area (Å²) in [6, 6.07) is 7.80. The highest BCUT2D eigenvalue weighted by Crippen LogP contribution is 2.27. The summed E-state index contributed by atoms with van der Waals surface area (Å²) in [5.41, 5.74) is 6.89. The van der Waals surface area contributed by atoms with Crippen LogP contribution in [0, 0.1) is 5.92 Å². The van der Waals surface area contributed by atoms with Crippen LogP contribution < -0.4 is 11.1 Å². The molecule has 2 aromatic rings. The molecule has 6 nitrogen and oxygen atoms in total. The van der Waals surface area contributed by atoms with Gasteiger partial charge in [-0.2, -0.15) is 0 Å². The normalized spacial score (nSPS) is 18.4. The second kappa shape index (κ2) is 8.01. The number of H-pyrrole nitrogens is 1. The SMILES string of the molecule is NC(=O)C1CCCN(CCCNC(=O)c2[nH]c3ccccc3c2Br)C1. The first-order valence-electron chi connectivity index (χ1n) is 8.62. The zero-order valence-corrected chi connectivity index (χ0v) is 15.6. The number of amides is 2. The molecule has 4 N–H and O–H groups in total. The second-order valence-electron chi connectivity index (χ2n) is 6.51. The van der Waals surface area contributed by atoms with Crippen molar-refractivity contribution in [3.05, 3.63) is 34.4 Å². The van der Waals surface area contributed by atoms with Crippen LogP contribution >= 0.6 is 15.9 Å². The van der Waals surface area contributed by atoms with Crippen molar-refractivity contribution in [1.29, 1.82) is 0 Å². The molecular formula is C18H23BrN4O2. The number of halogens is 1. The standard InChI is InChI=1S/C18H23BrN4O2/c19-15-13-6-1-2-7-14(13)22-16(15)18(25)21-8-4-10-23-9-3-5-12(11-23)17(20)24/h1-2,6-7,12,22H,3-5,8-11H2,(H2,20,24)(H,21,25). The van der Waals surface area contributed by atoms with E-state index in [1.807, 2.05) is 24.3 Å². The smallest absolute Gasteiger partial charge is 0.268 e. The van der Waals surface area contributed by atoms with E-state index < -0.39 is 0 Å². The van der Waals surface area contributed by atoms with Crippen LogP contribution in [0.2, 0.25) is 0 Å². The number of hydrogen-bond donors (Lipinski definition) is 3. The molecule has 0 radical (unpaired) electrons. The van der Waals surface area contributed by atoms with E-state index in [9.17, 15) is 9.59 Å². The van der Waals surface area contributed by atoms with Gasteiger partial charge in [0.2, 0.25) is 5.91 Å². The first-order chi connectivity index (χ1) is 12.1. The van der Waals surface area contributed by atoms with Gasteiger partial charge in [-0.15, -0.1) is 0 Å². The zero-order valence-electron chi connectivity index (χ0n) is 14.1. The molecule has 1 aromatic carbocycles. The van der Waals surface area contributed by atoms with Gasteiger partial charge in [-0.1, -0.05) is 18.2 Å². The Balaban J connectivity index is 1.48. The lowest BCUT2D eigenvalue weighted by Gasteiger charge is -2.31. The van der Waals surface area contributed by atoms with Crippen molar-refractivity contribution in [1.82, 2.24) is 15.2 Å². The second-order valence-corrected chi connectivity index (χ2v) is 7.30. The number of para-hydroxylation sites is 1. The fourth-order valence-corrected chi connectivity index (χ4v) is 3.97. The Morgan fingerprint density at radius 3 is 2.92 bits per heavy atom. The summed E-state index contributed by atoms with van der Waals surface area (Å²) < 4.78 is 0.793. The van der Waals surface area contributed by atoms with E-state index in [1.165, 1.54) is 0 Å². The van der Waals surface area contributed by atoms with Crippen LogP contribution in [-0.2, 0) is 4.79 Å². The summed E-state index contributed by atoms with van der Waals surface area (Å²) >= 11 is 3.50. The Hall–Kier alpha value is -1.86. The van der Waals surface area contributed by atoms with Gasteiger partial charge in [-0.05, 0) is 54.3 Å². The van der Waals surface area contributed by atoms with Crippen molar-refractivity contribution >= 4 is 38.6 Å². The third-order valence-electron chi connectivity index (χ3n) is 4.71. The molecule has 1 atom stereocenters.